The average Bonchev–Trinajstić information content (AvgIpc) is 3.29. The second-order valence-electron chi connectivity index (χ2n) is 9.72. The van der Waals surface area contributed by atoms with Crippen molar-refractivity contribution in [1.82, 2.24) is 0 Å². The van der Waals surface area contributed by atoms with Gasteiger partial charge in [0.25, 0.3) is 0 Å². The van der Waals surface area contributed by atoms with E-state index in [1.807, 2.05) is 24.3 Å². The molecule has 1 saturated heterocycles. The number of rotatable bonds is 13. The number of benzene rings is 3. The number of unbranched alkanes of at least 4 members (excludes halogenated alkanes) is 5. The van der Waals surface area contributed by atoms with Crippen molar-refractivity contribution in [2.75, 3.05) is 6.61 Å². The van der Waals surface area contributed by atoms with Crippen LogP contribution >= 0.6 is 0 Å². The third-order valence-corrected chi connectivity index (χ3v) is 6.73. The number of carbonyl (C=O) groups excluding carboxylic acids is 2. The summed E-state index contributed by atoms with van der Waals surface area (Å²) in [7, 11) is 0. The van der Waals surface area contributed by atoms with Crippen molar-refractivity contribution in [2.24, 2.45) is 0 Å². The van der Waals surface area contributed by atoms with Crippen LogP contribution in [-0.4, -0.2) is 24.6 Å². The number of cyclic esters (lactones) is 1. The van der Waals surface area contributed by atoms with E-state index in [1.54, 1.807) is 48.5 Å². The molecule has 0 radical (unpaired) electrons. The molecule has 0 spiro atoms. The molecule has 6 nitrogen and oxygen atoms in total. The van der Waals surface area contributed by atoms with Crippen LogP contribution in [0.2, 0.25) is 0 Å². The second-order valence-corrected chi connectivity index (χ2v) is 9.72. The van der Waals surface area contributed by atoms with E-state index in [2.05, 4.69) is 12.6 Å². The van der Waals surface area contributed by atoms with E-state index in [9.17, 15) is 9.59 Å². The maximum absolute atomic E-state index is 12.5. The fraction of sp³-hybridized carbons (Fsp3) is 0.303. The third-order valence-electron chi connectivity index (χ3n) is 6.73. The highest BCUT2D eigenvalue weighted by Gasteiger charge is 2.26. The Morgan fingerprint density at radius 2 is 1.44 bits per heavy atom. The van der Waals surface area contributed by atoms with Gasteiger partial charge in [-0.05, 0) is 78.9 Å². The molecule has 1 atom stereocenters. The zero-order valence-corrected chi connectivity index (χ0v) is 22.1. The molecule has 1 fully saturated rings. The molecule has 3 aromatic carbocycles. The lowest BCUT2D eigenvalue weighted by molar-refractivity contribution is -0.139. The predicted octanol–water partition coefficient (Wildman–Crippen LogP) is 7.43. The molecule has 1 heterocycles. The molecule has 39 heavy (non-hydrogen) atoms. The summed E-state index contributed by atoms with van der Waals surface area (Å²) in [6.45, 7) is 4.36. The van der Waals surface area contributed by atoms with Gasteiger partial charge in [-0.2, -0.15) is 5.26 Å². The van der Waals surface area contributed by atoms with Gasteiger partial charge in [0, 0.05) is 12.0 Å². The minimum atomic E-state index is -0.427. The predicted molar refractivity (Wildman–Crippen MR) is 149 cm³/mol. The maximum atomic E-state index is 12.5. The highest BCUT2D eigenvalue weighted by atomic mass is 16.6. The fourth-order valence-corrected chi connectivity index (χ4v) is 4.47. The summed E-state index contributed by atoms with van der Waals surface area (Å²) >= 11 is 0. The van der Waals surface area contributed by atoms with Crippen molar-refractivity contribution in [3.05, 3.63) is 96.1 Å². The Labute approximate surface area is 229 Å². The quantitative estimate of drug-likeness (QED) is 0.100. The molecule has 6 heteroatoms. The van der Waals surface area contributed by atoms with Crippen LogP contribution in [0.3, 0.4) is 0 Å². The normalized spacial score (nSPS) is 14.5. The SMILES string of the molecule is C=C1CC(CCCCCCCCOc2ccc(C(=O)Oc3ccc(-c4ccc(C#N)cc4)cc3)cc2)OC1=O. The third kappa shape index (κ3) is 8.31. The van der Waals surface area contributed by atoms with Gasteiger partial charge in [0.05, 0.1) is 23.8 Å². The van der Waals surface area contributed by atoms with Crippen LogP contribution in [0.5, 0.6) is 11.5 Å². The van der Waals surface area contributed by atoms with Crippen LogP contribution in [0.25, 0.3) is 11.1 Å². The lowest BCUT2D eigenvalue weighted by Gasteiger charge is -2.09. The number of nitrogens with zero attached hydrogens (tertiary/aromatic N) is 1. The molecular formula is C33H33NO5. The second kappa shape index (κ2) is 14.0. The molecule has 0 N–H and O–H groups in total. The van der Waals surface area contributed by atoms with E-state index >= 15 is 0 Å². The average molecular weight is 524 g/mol. The molecule has 1 aliphatic heterocycles. The van der Waals surface area contributed by atoms with Crippen molar-refractivity contribution in [1.29, 1.82) is 5.26 Å². The molecule has 0 bridgehead atoms. The van der Waals surface area contributed by atoms with Crippen LogP contribution in [0.4, 0.5) is 0 Å². The lowest BCUT2D eigenvalue weighted by Crippen LogP contribution is -2.08. The lowest BCUT2D eigenvalue weighted by atomic mass is 10.0. The van der Waals surface area contributed by atoms with E-state index in [-0.39, 0.29) is 12.1 Å². The van der Waals surface area contributed by atoms with Gasteiger partial charge in [0.1, 0.15) is 17.6 Å². The van der Waals surface area contributed by atoms with E-state index < -0.39 is 5.97 Å². The summed E-state index contributed by atoms with van der Waals surface area (Å²) in [6, 6.07) is 23.7. The Balaban J connectivity index is 1.10. The van der Waals surface area contributed by atoms with Gasteiger partial charge in [0.15, 0.2) is 0 Å². The van der Waals surface area contributed by atoms with Crippen LogP contribution in [-0.2, 0) is 9.53 Å². The van der Waals surface area contributed by atoms with Crippen LogP contribution in [0.15, 0.2) is 84.9 Å². The van der Waals surface area contributed by atoms with Gasteiger partial charge in [-0.25, -0.2) is 9.59 Å². The Morgan fingerprint density at radius 1 is 0.846 bits per heavy atom. The van der Waals surface area contributed by atoms with Crippen molar-refractivity contribution >= 4 is 11.9 Å². The standard InChI is InChI=1S/C33H33NO5/c1-24-22-31(39-32(24)35)8-6-4-2-3-5-7-21-37-29-17-15-28(16-18-29)33(36)38-30-19-13-27(14-20-30)26-11-9-25(23-34)10-12-26/h9-20,31H,1-8,21-22H2. The summed E-state index contributed by atoms with van der Waals surface area (Å²) in [5.74, 6) is 0.526. The monoisotopic (exact) mass is 523 g/mol. The van der Waals surface area contributed by atoms with Crippen molar-refractivity contribution < 1.29 is 23.8 Å². The molecule has 1 aliphatic rings. The Morgan fingerprint density at radius 3 is 2.05 bits per heavy atom. The first-order valence-electron chi connectivity index (χ1n) is 13.5. The van der Waals surface area contributed by atoms with Gasteiger partial charge >= 0.3 is 11.9 Å². The van der Waals surface area contributed by atoms with Crippen LogP contribution in [0, 0.1) is 11.3 Å². The molecule has 0 aromatic heterocycles. The summed E-state index contributed by atoms with van der Waals surface area (Å²) < 4.78 is 16.6. The van der Waals surface area contributed by atoms with Gasteiger partial charge in [-0.3, -0.25) is 0 Å². The minimum Gasteiger partial charge on any atom is -0.494 e. The summed E-state index contributed by atoms with van der Waals surface area (Å²) in [4.78, 5) is 23.9. The first-order valence-corrected chi connectivity index (χ1v) is 13.5. The van der Waals surface area contributed by atoms with Crippen molar-refractivity contribution in [2.45, 2.75) is 57.5 Å². The van der Waals surface area contributed by atoms with E-state index in [4.69, 9.17) is 19.5 Å². The number of esters is 2. The molecule has 3 aromatic rings. The number of hydrogen-bond acceptors (Lipinski definition) is 6. The number of ether oxygens (including phenoxy) is 3. The minimum absolute atomic E-state index is 0.0271. The van der Waals surface area contributed by atoms with Crippen LogP contribution < -0.4 is 9.47 Å². The zero-order chi connectivity index (χ0) is 27.5. The smallest absolute Gasteiger partial charge is 0.343 e. The van der Waals surface area contributed by atoms with Gasteiger partial charge < -0.3 is 14.2 Å². The molecule has 200 valence electrons. The highest BCUT2D eigenvalue weighted by molar-refractivity contribution is 5.91. The van der Waals surface area contributed by atoms with Gasteiger partial charge in [-0.1, -0.05) is 56.5 Å². The van der Waals surface area contributed by atoms with E-state index in [1.165, 1.54) is 0 Å². The van der Waals surface area contributed by atoms with Gasteiger partial charge in [-0.15, -0.1) is 0 Å². The fourth-order valence-electron chi connectivity index (χ4n) is 4.47. The number of hydrogen-bond donors (Lipinski definition) is 0. The summed E-state index contributed by atoms with van der Waals surface area (Å²) in [5.41, 5.74) is 3.62. The zero-order valence-electron chi connectivity index (χ0n) is 22.1. The Kier molecular flexibility index (Phi) is 9.91. The topological polar surface area (TPSA) is 85.6 Å². The first-order chi connectivity index (χ1) is 19.0. The molecule has 0 saturated carbocycles. The Bertz CT molecular complexity index is 1290. The summed E-state index contributed by atoms with van der Waals surface area (Å²) in [5, 5.41) is 8.94. The van der Waals surface area contributed by atoms with Crippen molar-refractivity contribution in [3.63, 3.8) is 0 Å². The number of carbonyl (C=O) groups is 2. The molecule has 1 unspecified atom stereocenters. The van der Waals surface area contributed by atoms with E-state index in [0.717, 1.165) is 61.8 Å². The molecular weight excluding hydrogens is 490 g/mol. The number of nitriles is 1. The first kappa shape index (κ1) is 27.7. The highest BCUT2D eigenvalue weighted by Crippen LogP contribution is 2.25. The largest absolute Gasteiger partial charge is 0.494 e. The Hall–Kier alpha value is -4.37. The maximum Gasteiger partial charge on any atom is 0.343 e. The molecule has 0 aliphatic carbocycles. The van der Waals surface area contributed by atoms with Crippen LogP contribution in [0.1, 0.15) is 67.3 Å². The molecule has 4 rings (SSSR count). The summed E-state index contributed by atoms with van der Waals surface area (Å²) in [6.07, 6.45) is 8.22. The van der Waals surface area contributed by atoms with E-state index in [0.29, 0.717) is 35.5 Å². The molecule has 0 amide bonds. The van der Waals surface area contributed by atoms with Crippen molar-refractivity contribution in [3.8, 4) is 28.7 Å². The van der Waals surface area contributed by atoms with Gasteiger partial charge in [0.2, 0.25) is 0 Å².